The van der Waals surface area contributed by atoms with E-state index in [4.69, 9.17) is 8.83 Å². The molecule has 2 heterocycles. The molecule has 0 fully saturated rings. The predicted molar refractivity (Wildman–Crippen MR) is 81.6 cm³/mol. The molecule has 1 N–H and O–H groups in total. The fourth-order valence-corrected chi connectivity index (χ4v) is 2.34. The van der Waals surface area contributed by atoms with Gasteiger partial charge in [0.25, 0.3) is 5.91 Å². The van der Waals surface area contributed by atoms with Crippen LogP contribution in [0.25, 0.3) is 11.0 Å². The maximum atomic E-state index is 12.0. The third-order valence-corrected chi connectivity index (χ3v) is 3.43. The Bertz CT molecular complexity index is 894. The molecule has 5 nitrogen and oxygen atoms in total. The van der Waals surface area contributed by atoms with Crippen molar-refractivity contribution < 1.29 is 13.6 Å². The number of carbonyl (C=O) groups is 1. The summed E-state index contributed by atoms with van der Waals surface area (Å²) in [5.41, 5.74) is 1.36. The van der Waals surface area contributed by atoms with Crippen molar-refractivity contribution >= 4 is 38.5 Å². The van der Waals surface area contributed by atoms with Crippen LogP contribution in [0.3, 0.4) is 0 Å². The van der Waals surface area contributed by atoms with E-state index in [1.807, 2.05) is 6.92 Å². The van der Waals surface area contributed by atoms with E-state index < -0.39 is 5.63 Å². The van der Waals surface area contributed by atoms with E-state index in [1.165, 1.54) is 6.07 Å². The number of aryl methyl sites for hydroxylation is 1. The first kappa shape index (κ1) is 13.6. The van der Waals surface area contributed by atoms with Gasteiger partial charge in [0.05, 0.1) is 0 Å². The van der Waals surface area contributed by atoms with Gasteiger partial charge in [0.15, 0.2) is 10.4 Å². The maximum Gasteiger partial charge on any atom is 0.336 e. The fourth-order valence-electron chi connectivity index (χ4n) is 2.03. The number of hydrogen-bond acceptors (Lipinski definition) is 4. The van der Waals surface area contributed by atoms with Gasteiger partial charge in [-0.25, -0.2) is 4.79 Å². The molecule has 2 aromatic heterocycles. The number of halogens is 1. The number of anilines is 1. The van der Waals surface area contributed by atoms with Crippen molar-refractivity contribution in [2.24, 2.45) is 0 Å². The summed E-state index contributed by atoms with van der Waals surface area (Å²) in [5.74, 6) is -0.192. The lowest BCUT2D eigenvalue weighted by Crippen LogP contribution is -2.10. The van der Waals surface area contributed by atoms with Crippen molar-refractivity contribution in [1.82, 2.24) is 0 Å². The molecule has 21 heavy (non-hydrogen) atoms. The molecular weight excluding hydrogens is 338 g/mol. The predicted octanol–water partition coefficient (Wildman–Crippen LogP) is 3.71. The molecule has 1 aromatic carbocycles. The Morgan fingerprint density at radius 2 is 1.95 bits per heavy atom. The zero-order chi connectivity index (χ0) is 15.0. The highest BCUT2D eigenvalue weighted by molar-refractivity contribution is 9.10. The number of benzene rings is 1. The molecule has 0 saturated heterocycles. The second-order valence-corrected chi connectivity index (χ2v) is 5.30. The molecule has 0 saturated carbocycles. The van der Waals surface area contributed by atoms with Gasteiger partial charge < -0.3 is 14.2 Å². The van der Waals surface area contributed by atoms with Gasteiger partial charge in [0, 0.05) is 23.2 Å². The van der Waals surface area contributed by atoms with Gasteiger partial charge in [0.2, 0.25) is 0 Å². The Balaban J connectivity index is 1.94. The summed E-state index contributed by atoms with van der Waals surface area (Å²) in [6, 6.07) is 9.77. The van der Waals surface area contributed by atoms with E-state index in [0.29, 0.717) is 15.9 Å². The fraction of sp³-hybridized carbons (Fsp3) is 0.0667. The van der Waals surface area contributed by atoms with Gasteiger partial charge in [-0.1, -0.05) is 0 Å². The van der Waals surface area contributed by atoms with Crippen LogP contribution in [-0.4, -0.2) is 5.91 Å². The molecular formula is C15H10BrNO4. The minimum atomic E-state index is -0.418. The van der Waals surface area contributed by atoms with E-state index in [1.54, 1.807) is 30.3 Å². The molecule has 3 aromatic rings. The average molecular weight is 348 g/mol. The van der Waals surface area contributed by atoms with Gasteiger partial charge in [-0.2, -0.15) is 0 Å². The molecule has 0 radical (unpaired) electrons. The van der Waals surface area contributed by atoms with Crippen LogP contribution in [0.4, 0.5) is 5.69 Å². The summed E-state index contributed by atoms with van der Waals surface area (Å²) in [5, 5.41) is 3.51. The Morgan fingerprint density at radius 1 is 1.14 bits per heavy atom. The maximum absolute atomic E-state index is 12.0. The normalized spacial score (nSPS) is 10.8. The van der Waals surface area contributed by atoms with Crippen molar-refractivity contribution in [2.45, 2.75) is 6.92 Å². The van der Waals surface area contributed by atoms with E-state index in [2.05, 4.69) is 21.2 Å². The van der Waals surface area contributed by atoms with E-state index in [-0.39, 0.29) is 11.7 Å². The lowest BCUT2D eigenvalue weighted by molar-refractivity contribution is 0.0995. The molecule has 1 amide bonds. The first-order valence-corrected chi connectivity index (χ1v) is 6.93. The van der Waals surface area contributed by atoms with Crippen molar-refractivity contribution in [1.29, 1.82) is 0 Å². The van der Waals surface area contributed by atoms with Crippen LogP contribution in [0.5, 0.6) is 0 Å². The minimum absolute atomic E-state index is 0.188. The molecule has 0 spiro atoms. The average Bonchev–Trinajstić information content (AvgIpc) is 2.85. The van der Waals surface area contributed by atoms with Gasteiger partial charge in [-0.05, 0) is 52.7 Å². The number of carbonyl (C=O) groups excluding carboxylic acids is 1. The number of hydrogen-bond donors (Lipinski definition) is 1. The molecule has 0 aliphatic carbocycles. The SMILES string of the molecule is Cc1cc(=O)oc2cc(NC(=O)c3ccc(Br)o3)ccc12. The standard InChI is InChI=1S/C15H10BrNO4/c1-8-6-14(18)21-12-7-9(2-3-10(8)12)17-15(19)11-4-5-13(16)20-11/h2-7H,1H3,(H,17,19). The van der Waals surface area contributed by atoms with Gasteiger partial charge >= 0.3 is 5.63 Å². The van der Waals surface area contributed by atoms with Crippen LogP contribution in [0.15, 0.2) is 54.7 Å². The summed E-state index contributed by atoms with van der Waals surface area (Å²) in [6.45, 7) is 1.83. The van der Waals surface area contributed by atoms with Crippen LogP contribution in [0.2, 0.25) is 0 Å². The van der Waals surface area contributed by atoms with E-state index in [9.17, 15) is 9.59 Å². The highest BCUT2D eigenvalue weighted by atomic mass is 79.9. The van der Waals surface area contributed by atoms with E-state index in [0.717, 1.165) is 10.9 Å². The van der Waals surface area contributed by atoms with Crippen molar-refractivity contribution in [3.63, 3.8) is 0 Å². The molecule has 6 heteroatoms. The number of furan rings is 1. The molecule has 3 rings (SSSR count). The first-order valence-electron chi connectivity index (χ1n) is 6.14. The molecule has 106 valence electrons. The third kappa shape index (κ3) is 2.75. The van der Waals surface area contributed by atoms with Crippen molar-refractivity contribution in [3.05, 3.63) is 62.8 Å². The van der Waals surface area contributed by atoms with E-state index >= 15 is 0 Å². The molecule has 0 aliphatic heterocycles. The van der Waals surface area contributed by atoms with Crippen LogP contribution < -0.4 is 10.9 Å². The lowest BCUT2D eigenvalue weighted by atomic mass is 10.1. The van der Waals surface area contributed by atoms with Crippen LogP contribution in [0, 0.1) is 6.92 Å². The topological polar surface area (TPSA) is 72.5 Å². The Hall–Kier alpha value is -2.34. The molecule has 0 unspecified atom stereocenters. The highest BCUT2D eigenvalue weighted by Crippen LogP contribution is 2.22. The van der Waals surface area contributed by atoms with Crippen molar-refractivity contribution in [2.75, 3.05) is 5.32 Å². The Labute approximate surface area is 127 Å². The van der Waals surface area contributed by atoms with Crippen LogP contribution in [0.1, 0.15) is 16.1 Å². The highest BCUT2D eigenvalue weighted by Gasteiger charge is 2.11. The summed E-state index contributed by atoms with van der Waals surface area (Å²) >= 11 is 3.14. The summed E-state index contributed by atoms with van der Waals surface area (Å²) in [6.07, 6.45) is 0. The minimum Gasteiger partial charge on any atom is -0.444 e. The number of amides is 1. The zero-order valence-corrected chi connectivity index (χ0v) is 12.6. The van der Waals surface area contributed by atoms with Gasteiger partial charge in [-0.3, -0.25) is 4.79 Å². The monoisotopic (exact) mass is 347 g/mol. The number of fused-ring (bicyclic) bond motifs is 1. The molecule has 0 atom stereocenters. The third-order valence-electron chi connectivity index (χ3n) is 3.01. The van der Waals surface area contributed by atoms with Gasteiger partial charge in [-0.15, -0.1) is 0 Å². The van der Waals surface area contributed by atoms with Gasteiger partial charge in [0.1, 0.15) is 5.58 Å². The molecule has 0 bridgehead atoms. The largest absolute Gasteiger partial charge is 0.444 e. The summed E-state index contributed by atoms with van der Waals surface area (Å²) < 4.78 is 10.8. The smallest absolute Gasteiger partial charge is 0.336 e. The number of nitrogens with one attached hydrogen (secondary N) is 1. The van der Waals surface area contributed by atoms with Crippen LogP contribution in [-0.2, 0) is 0 Å². The second kappa shape index (κ2) is 5.21. The Morgan fingerprint density at radius 3 is 2.67 bits per heavy atom. The quantitative estimate of drug-likeness (QED) is 0.717. The summed E-state index contributed by atoms with van der Waals surface area (Å²) in [4.78, 5) is 23.4. The van der Waals surface area contributed by atoms with Crippen LogP contribution >= 0.6 is 15.9 Å². The number of rotatable bonds is 2. The Kier molecular flexibility index (Phi) is 3.39. The zero-order valence-electron chi connectivity index (χ0n) is 11.0. The lowest BCUT2D eigenvalue weighted by Gasteiger charge is -2.05. The summed E-state index contributed by atoms with van der Waals surface area (Å²) in [7, 11) is 0. The first-order chi connectivity index (χ1) is 10.0. The van der Waals surface area contributed by atoms with Crippen molar-refractivity contribution in [3.8, 4) is 0 Å². The molecule has 0 aliphatic rings. The second-order valence-electron chi connectivity index (χ2n) is 4.52.